The molecule has 124 valence electrons. The Kier molecular flexibility index (Phi) is 5.95. The number of alkyl halides is 3. The van der Waals surface area contributed by atoms with Crippen LogP contribution in [0.25, 0.3) is 0 Å². The van der Waals surface area contributed by atoms with Crippen LogP contribution < -0.4 is 0 Å². The highest BCUT2D eigenvalue weighted by Gasteiger charge is 2.57. The van der Waals surface area contributed by atoms with Gasteiger partial charge in [-0.15, -0.1) is 0 Å². The second kappa shape index (κ2) is 7.14. The Bertz CT molecular complexity index is 330. The lowest BCUT2D eigenvalue weighted by Crippen LogP contribution is -2.59. The van der Waals surface area contributed by atoms with E-state index in [9.17, 15) is 13.2 Å². The minimum atomic E-state index is -2.90. The van der Waals surface area contributed by atoms with Gasteiger partial charge in [-0.2, -0.15) is 0 Å². The van der Waals surface area contributed by atoms with Crippen LogP contribution in [-0.2, 0) is 8.85 Å². The van der Waals surface area contributed by atoms with Crippen LogP contribution in [0.4, 0.5) is 13.2 Å². The molecule has 0 aromatic carbocycles. The van der Waals surface area contributed by atoms with Crippen LogP contribution in [-0.4, -0.2) is 43.2 Å². The largest absolute Gasteiger partial charge is 0.420 e. The molecule has 0 radical (unpaired) electrons. The van der Waals surface area contributed by atoms with Gasteiger partial charge in [-0.25, -0.2) is 13.2 Å². The van der Waals surface area contributed by atoms with Crippen LogP contribution in [0.1, 0.15) is 39.5 Å². The topological polar surface area (TPSA) is 18.5 Å². The molecule has 7 heteroatoms. The molecule has 21 heavy (non-hydrogen) atoms. The fraction of sp³-hybridized carbons (Fsp3) is 1.00. The Hall–Kier alpha value is 0.144. The number of hydrogen-bond acceptors (Lipinski definition) is 2. The van der Waals surface area contributed by atoms with Crippen molar-refractivity contribution < 1.29 is 22.0 Å². The monoisotopic (exact) mass is 340 g/mol. The molecule has 2 saturated heterocycles. The number of halogens is 3. The van der Waals surface area contributed by atoms with Crippen molar-refractivity contribution in [1.82, 2.24) is 0 Å². The summed E-state index contributed by atoms with van der Waals surface area (Å²) in [6, 6.07) is 1.81. The van der Waals surface area contributed by atoms with Gasteiger partial charge in [-0.1, -0.05) is 26.7 Å². The van der Waals surface area contributed by atoms with Gasteiger partial charge in [-0.3, -0.25) is 0 Å². The molecule has 0 spiro atoms. The molecule has 3 unspecified atom stereocenters. The maximum atomic E-state index is 13.8. The van der Waals surface area contributed by atoms with E-state index in [0.717, 1.165) is 44.4 Å². The molecule has 2 heterocycles. The first-order valence-corrected chi connectivity index (χ1v) is 12.3. The maximum Gasteiger partial charge on any atom is 0.269 e. The van der Waals surface area contributed by atoms with E-state index >= 15 is 0 Å². The Labute approximate surface area is 128 Å². The van der Waals surface area contributed by atoms with Crippen molar-refractivity contribution in [2.75, 3.05) is 13.2 Å². The zero-order valence-corrected chi connectivity index (χ0v) is 15.2. The van der Waals surface area contributed by atoms with Gasteiger partial charge in [0.2, 0.25) is 8.32 Å². The van der Waals surface area contributed by atoms with Crippen molar-refractivity contribution in [1.29, 1.82) is 0 Å². The fourth-order valence-corrected chi connectivity index (χ4v) is 14.4. The van der Waals surface area contributed by atoms with E-state index in [2.05, 4.69) is 13.8 Å². The molecule has 0 amide bonds. The van der Waals surface area contributed by atoms with Gasteiger partial charge in [-0.05, 0) is 24.9 Å². The van der Waals surface area contributed by atoms with Gasteiger partial charge in [0, 0.05) is 23.9 Å². The van der Waals surface area contributed by atoms with Gasteiger partial charge >= 0.3 is 0 Å². The van der Waals surface area contributed by atoms with Gasteiger partial charge in [0.1, 0.15) is 0 Å². The summed E-state index contributed by atoms with van der Waals surface area (Å²) in [5, 5.41) is 0. The first kappa shape index (κ1) is 17.5. The van der Waals surface area contributed by atoms with Crippen LogP contribution in [0.15, 0.2) is 0 Å². The van der Waals surface area contributed by atoms with Crippen LogP contribution in [0, 0.1) is 0 Å². The summed E-state index contributed by atoms with van der Waals surface area (Å²) in [7, 11) is -4.08. The number of hydrogen-bond donors (Lipinski definition) is 0. The second-order valence-electron chi connectivity index (χ2n) is 6.93. The van der Waals surface area contributed by atoms with Crippen LogP contribution in [0.3, 0.4) is 0 Å². The molecule has 2 aliphatic rings. The first-order chi connectivity index (χ1) is 9.89. The van der Waals surface area contributed by atoms with Crippen LogP contribution in [0.5, 0.6) is 0 Å². The lowest BCUT2D eigenvalue weighted by Gasteiger charge is -2.50. The van der Waals surface area contributed by atoms with Crippen LogP contribution >= 0.6 is 0 Å². The summed E-state index contributed by atoms with van der Waals surface area (Å²) in [6.45, 7) is 5.61. The van der Waals surface area contributed by atoms with Crippen molar-refractivity contribution in [3.05, 3.63) is 0 Å². The Morgan fingerprint density at radius 2 is 1.81 bits per heavy atom. The lowest BCUT2D eigenvalue weighted by atomic mass is 10.4. The van der Waals surface area contributed by atoms with E-state index in [1.165, 1.54) is 0 Å². The van der Waals surface area contributed by atoms with Crippen molar-refractivity contribution in [2.24, 2.45) is 0 Å². The van der Waals surface area contributed by atoms with E-state index in [0.29, 0.717) is 6.61 Å². The lowest BCUT2D eigenvalue weighted by molar-refractivity contribution is 0.0554. The summed E-state index contributed by atoms with van der Waals surface area (Å²) in [6.07, 6.45) is -0.775. The second-order valence-corrected chi connectivity index (χ2v) is 15.3. The third-order valence-electron chi connectivity index (χ3n) is 5.31. The fourth-order valence-electron chi connectivity index (χ4n) is 3.79. The van der Waals surface area contributed by atoms with Gasteiger partial charge < -0.3 is 8.85 Å². The highest BCUT2D eigenvalue weighted by Crippen LogP contribution is 2.50. The molecular weight excluding hydrogens is 313 g/mol. The minimum Gasteiger partial charge on any atom is -0.420 e. The first-order valence-electron chi connectivity index (χ1n) is 8.07. The zero-order chi connectivity index (χ0) is 15.5. The molecule has 3 atom stereocenters. The molecule has 0 aromatic heterocycles. The highest BCUT2D eigenvalue weighted by atomic mass is 28.4. The zero-order valence-electron chi connectivity index (χ0n) is 13.0. The molecule has 2 fully saturated rings. The summed E-state index contributed by atoms with van der Waals surface area (Å²) >= 11 is 0. The minimum absolute atomic E-state index is 0.0650. The summed E-state index contributed by atoms with van der Waals surface area (Å²) < 4.78 is 51.3. The third-order valence-corrected chi connectivity index (χ3v) is 16.4. The van der Waals surface area contributed by atoms with E-state index in [1.54, 1.807) is 0 Å². The standard InChI is InChI=1S/C14H27F3O2Si2/c1-14(2,20-9-5-3-7-18-20)21(10-6-4-8-19-21)11-12(15)13(16)17/h12-13,20H,3-11H2,1-2H3. The normalized spacial score (nSPS) is 33.1. The molecule has 0 aromatic rings. The van der Waals surface area contributed by atoms with E-state index in [1.807, 2.05) is 0 Å². The van der Waals surface area contributed by atoms with E-state index in [4.69, 9.17) is 8.85 Å². The molecule has 0 bridgehead atoms. The smallest absolute Gasteiger partial charge is 0.269 e. The Balaban J connectivity index is 2.20. The quantitative estimate of drug-likeness (QED) is 0.698. The summed E-state index contributed by atoms with van der Waals surface area (Å²) in [5.41, 5.74) is 0. The Morgan fingerprint density at radius 1 is 1.10 bits per heavy atom. The van der Waals surface area contributed by atoms with Crippen molar-refractivity contribution >= 4 is 17.4 Å². The van der Waals surface area contributed by atoms with Crippen molar-refractivity contribution in [3.8, 4) is 0 Å². The predicted molar refractivity (Wildman–Crippen MR) is 82.6 cm³/mol. The van der Waals surface area contributed by atoms with Gasteiger partial charge in [0.05, 0.1) is 0 Å². The molecule has 2 nitrogen and oxygen atoms in total. The summed E-state index contributed by atoms with van der Waals surface area (Å²) in [5.74, 6) is 0. The van der Waals surface area contributed by atoms with E-state index in [-0.39, 0.29) is 10.7 Å². The Morgan fingerprint density at radius 3 is 2.33 bits per heavy atom. The van der Waals surface area contributed by atoms with E-state index < -0.39 is 30.0 Å². The van der Waals surface area contributed by atoms with Gasteiger partial charge in [0.25, 0.3) is 6.43 Å². The molecule has 0 aliphatic carbocycles. The average molecular weight is 341 g/mol. The molecule has 0 saturated carbocycles. The highest BCUT2D eigenvalue weighted by molar-refractivity contribution is 6.89. The maximum absolute atomic E-state index is 13.8. The third kappa shape index (κ3) is 3.73. The number of rotatable bonds is 5. The van der Waals surface area contributed by atoms with Crippen LogP contribution in [0.2, 0.25) is 22.8 Å². The summed E-state index contributed by atoms with van der Waals surface area (Å²) in [4.78, 5) is 0. The predicted octanol–water partition coefficient (Wildman–Crippen LogP) is 4.20. The van der Waals surface area contributed by atoms with Gasteiger partial charge in [0.15, 0.2) is 15.2 Å². The molecular formula is C14H27F3O2Si2. The molecule has 2 rings (SSSR count). The van der Waals surface area contributed by atoms with Crippen molar-refractivity contribution in [3.63, 3.8) is 0 Å². The van der Waals surface area contributed by atoms with Crippen molar-refractivity contribution in [2.45, 2.75) is 74.9 Å². The SMILES string of the molecule is CC(C)([SiH]1CCCCO1)[Si]1(CC(F)C(F)F)CCCCO1. The molecule has 0 N–H and O–H groups in total. The molecule has 2 aliphatic heterocycles. The average Bonchev–Trinajstić information content (AvgIpc) is 2.48.